The number of hydrogen-bond donors (Lipinski definition) is 1. The fourth-order valence-corrected chi connectivity index (χ4v) is 2.92. The van der Waals surface area contributed by atoms with E-state index >= 15 is 0 Å². The van der Waals surface area contributed by atoms with Crippen LogP contribution in [0.2, 0.25) is 0 Å². The minimum Gasteiger partial charge on any atom is -0.487 e. The van der Waals surface area contributed by atoms with E-state index in [2.05, 4.69) is 49.1 Å². The first-order valence-corrected chi connectivity index (χ1v) is 8.05. The molecule has 0 aliphatic rings. The van der Waals surface area contributed by atoms with Gasteiger partial charge in [0.2, 0.25) is 0 Å². The van der Waals surface area contributed by atoms with Crippen LogP contribution in [-0.4, -0.2) is 11.5 Å². The van der Waals surface area contributed by atoms with Gasteiger partial charge < -0.3 is 10.1 Å². The zero-order chi connectivity index (χ0) is 14.4. The predicted molar refractivity (Wildman–Crippen MR) is 89.2 cm³/mol. The normalized spacial score (nSPS) is 10.3. The Labute approximate surface area is 136 Å². The summed E-state index contributed by atoms with van der Waals surface area (Å²) in [5.74, 6) is 1.70. The van der Waals surface area contributed by atoms with Crippen molar-refractivity contribution in [1.82, 2.24) is 4.98 Å². The molecule has 0 aliphatic carbocycles. The van der Waals surface area contributed by atoms with Crippen LogP contribution in [0.3, 0.4) is 0 Å². The van der Waals surface area contributed by atoms with Crippen molar-refractivity contribution >= 4 is 37.7 Å². The number of ether oxygens (including phenoxy) is 1. The van der Waals surface area contributed by atoms with Gasteiger partial charge >= 0.3 is 0 Å². The maximum absolute atomic E-state index is 5.86. The van der Waals surface area contributed by atoms with E-state index in [9.17, 15) is 0 Å². The first-order chi connectivity index (χ1) is 9.70. The quantitative estimate of drug-likeness (QED) is 0.741. The smallest absolute Gasteiger partial charge is 0.148 e. The second-order valence-electron chi connectivity index (χ2n) is 4.32. The molecule has 5 heteroatoms. The molecule has 1 N–H and O–H groups in total. The number of para-hydroxylation sites is 1. The lowest BCUT2D eigenvalue weighted by molar-refractivity contribution is 0.302. The lowest BCUT2D eigenvalue weighted by Crippen LogP contribution is -2.03. The molecule has 0 unspecified atom stereocenters. The van der Waals surface area contributed by atoms with Crippen LogP contribution < -0.4 is 10.1 Å². The van der Waals surface area contributed by atoms with E-state index in [0.717, 1.165) is 39.0 Å². The van der Waals surface area contributed by atoms with Crippen molar-refractivity contribution < 1.29 is 4.74 Å². The third-order valence-corrected chi connectivity index (χ3v) is 3.93. The third kappa shape index (κ3) is 4.21. The Morgan fingerprint density at radius 1 is 1.20 bits per heavy atom. The van der Waals surface area contributed by atoms with Crippen molar-refractivity contribution in [1.29, 1.82) is 0 Å². The molecular weight excluding hydrogens is 384 g/mol. The molecule has 0 fully saturated rings. The van der Waals surface area contributed by atoms with Crippen molar-refractivity contribution in [3.63, 3.8) is 0 Å². The number of halogens is 2. The molecule has 0 radical (unpaired) electrons. The molecule has 0 saturated carbocycles. The van der Waals surface area contributed by atoms with E-state index in [0.29, 0.717) is 6.61 Å². The van der Waals surface area contributed by atoms with Gasteiger partial charge in [-0.05, 0) is 68.1 Å². The summed E-state index contributed by atoms with van der Waals surface area (Å²) < 4.78 is 7.73. The molecular formula is C15H16Br2N2O. The van der Waals surface area contributed by atoms with E-state index < -0.39 is 0 Å². The van der Waals surface area contributed by atoms with Gasteiger partial charge in [-0.3, -0.25) is 0 Å². The first-order valence-electron chi connectivity index (χ1n) is 6.46. The summed E-state index contributed by atoms with van der Waals surface area (Å²) in [4.78, 5) is 4.28. The predicted octanol–water partition coefficient (Wildman–Crippen LogP) is 5.01. The second kappa shape index (κ2) is 7.64. The number of anilines is 1. The molecule has 1 heterocycles. The van der Waals surface area contributed by atoms with Gasteiger partial charge in [-0.1, -0.05) is 13.0 Å². The van der Waals surface area contributed by atoms with Gasteiger partial charge in [0.15, 0.2) is 0 Å². The van der Waals surface area contributed by atoms with Gasteiger partial charge in [-0.15, -0.1) is 0 Å². The van der Waals surface area contributed by atoms with Crippen molar-refractivity contribution in [2.24, 2.45) is 0 Å². The van der Waals surface area contributed by atoms with Gasteiger partial charge in [0.05, 0.1) is 8.95 Å². The fraction of sp³-hybridized carbons (Fsp3) is 0.267. The van der Waals surface area contributed by atoms with Gasteiger partial charge in [0.25, 0.3) is 0 Å². The standard InChI is InChI=1S/C15H16Br2N2O/c1-2-7-18-14-9-11(6-8-19-14)10-20-15-12(16)4-3-5-13(15)17/h3-6,8-9H,2,7,10H2,1H3,(H,18,19). The molecule has 106 valence electrons. The zero-order valence-corrected chi connectivity index (χ0v) is 14.4. The lowest BCUT2D eigenvalue weighted by atomic mass is 10.2. The number of hydrogen-bond acceptors (Lipinski definition) is 3. The van der Waals surface area contributed by atoms with E-state index in [1.807, 2.05) is 30.3 Å². The van der Waals surface area contributed by atoms with Crippen LogP contribution >= 0.6 is 31.9 Å². The molecule has 0 spiro atoms. The van der Waals surface area contributed by atoms with Crippen LogP contribution in [0.4, 0.5) is 5.82 Å². The summed E-state index contributed by atoms with van der Waals surface area (Å²) >= 11 is 6.98. The Morgan fingerprint density at radius 3 is 2.65 bits per heavy atom. The summed E-state index contributed by atoms with van der Waals surface area (Å²) in [6, 6.07) is 9.85. The van der Waals surface area contributed by atoms with Crippen LogP contribution in [0.25, 0.3) is 0 Å². The van der Waals surface area contributed by atoms with E-state index in [-0.39, 0.29) is 0 Å². The van der Waals surface area contributed by atoms with Gasteiger partial charge in [-0.2, -0.15) is 0 Å². The number of nitrogens with one attached hydrogen (secondary N) is 1. The first kappa shape index (κ1) is 15.3. The molecule has 2 aromatic rings. The Morgan fingerprint density at radius 2 is 1.95 bits per heavy atom. The second-order valence-corrected chi connectivity index (χ2v) is 6.02. The lowest BCUT2D eigenvalue weighted by Gasteiger charge is -2.11. The molecule has 0 bridgehead atoms. The Bertz CT molecular complexity index is 555. The van der Waals surface area contributed by atoms with Crippen molar-refractivity contribution in [2.75, 3.05) is 11.9 Å². The maximum Gasteiger partial charge on any atom is 0.148 e. The SMILES string of the molecule is CCCNc1cc(COc2c(Br)cccc2Br)ccn1. The van der Waals surface area contributed by atoms with E-state index in [4.69, 9.17) is 4.74 Å². The van der Waals surface area contributed by atoms with Gasteiger partial charge in [-0.25, -0.2) is 4.98 Å². The highest BCUT2D eigenvalue weighted by Gasteiger charge is 2.06. The highest BCUT2D eigenvalue weighted by Crippen LogP contribution is 2.33. The summed E-state index contributed by atoms with van der Waals surface area (Å²) in [6.07, 6.45) is 2.87. The van der Waals surface area contributed by atoms with Gasteiger partial charge in [0.1, 0.15) is 18.2 Å². The van der Waals surface area contributed by atoms with Crippen LogP contribution in [0.5, 0.6) is 5.75 Å². The van der Waals surface area contributed by atoms with E-state index in [1.165, 1.54) is 0 Å². The number of rotatable bonds is 6. The monoisotopic (exact) mass is 398 g/mol. The third-order valence-electron chi connectivity index (χ3n) is 2.68. The molecule has 0 amide bonds. The number of benzene rings is 1. The molecule has 0 aliphatic heterocycles. The highest BCUT2D eigenvalue weighted by atomic mass is 79.9. The van der Waals surface area contributed by atoms with Crippen LogP contribution in [0.15, 0.2) is 45.5 Å². The Balaban J connectivity index is 2.03. The molecule has 2 rings (SSSR count). The number of pyridine rings is 1. The Kier molecular flexibility index (Phi) is 5.86. The minimum atomic E-state index is 0.505. The summed E-state index contributed by atoms with van der Waals surface area (Å²) in [7, 11) is 0. The number of aromatic nitrogens is 1. The van der Waals surface area contributed by atoms with E-state index in [1.54, 1.807) is 6.20 Å². The van der Waals surface area contributed by atoms with Crippen molar-refractivity contribution in [3.05, 3.63) is 51.0 Å². The topological polar surface area (TPSA) is 34.1 Å². The van der Waals surface area contributed by atoms with Crippen LogP contribution in [0, 0.1) is 0 Å². The largest absolute Gasteiger partial charge is 0.487 e. The number of nitrogens with zero attached hydrogens (tertiary/aromatic N) is 1. The summed E-state index contributed by atoms with van der Waals surface area (Å²) in [6.45, 7) is 3.56. The highest BCUT2D eigenvalue weighted by molar-refractivity contribution is 9.11. The van der Waals surface area contributed by atoms with Gasteiger partial charge in [0, 0.05) is 12.7 Å². The fourth-order valence-electron chi connectivity index (χ4n) is 1.69. The van der Waals surface area contributed by atoms with Crippen molar-refractivity contribution in [3.8, 4) is 5.75 Å². The van der Waals surface area contributed by atoms with Crippen LogP contribution in [-0.2, 0) is 6.61 Å². The molecule has 1 aromatic heterocycles. The molecule has 1 aromatic carbocycles. The molecule has 3 nitrogen and oxygen atoms in total. The summed E-state index contributed by atoms with van der Waals surface area (Å²) in [5.41, 5.74) is 1.08. The molecule has 20 heavy (non-hydrogen) atoms. The minimum absolute atomic E-state index is 0.505. The zero-order valence-electron chi connectivity index (χ0n) is 11.2. The molecule has 0 saturated heterocycles. The molecule has 0 atom stereocenters. The van der Waals surface area contributed by atoms with Crippen molar-refractivity contribution in [2.45, 2.75) is 20.0 Å². The Hall–Kier alpha value is -1.07. The van der Waals surface area contributed by atoms with Crippen LogP contribution in [0.1, 0.15) is 18.9 Å². The average molecular weight is 400 g/mol. The maximum atomic E-state index is 5.86. The summed E-state index contributed by atoms with van der Waals surface area (Å²) in [5, 5.41) is 3.27. The average Bonchev–Trinajstić information content (AvgIpc) is 2.45.